The lowest BCUT2D eigenvalue weighted by atomic mass is 9.80. The summed E-state index contributed by atoms with van der Waals surface area (Å²) >= 11 is 0. The molecule has 1 aromatic heterocycles. The maximum absolute atomic E-state index is 12.3. The highest BCUT2D eigenvalue weighted by atomic mass is 16.7. The van der Waals surface area contributed by atoms with Crippen LogP contribution in [0, 0.1) is 11.8 Å². The van der Waals surface area contributed by atoms with Crippen LogP contribution in [0.2, 0.25) is 0 Å². The fourth-order valence-electron chi connectivity index (χ4n) is 4.07. The second-order valence-corrected chi connectivity index (χ2v) is 7.43. The van der Waals surface area contributed by atoms with Gasteiger partial charge in [-0.05, 0) is 57.3 Å². The minimum atomic E-state index is -0.229. The Labute approximate surface area is 161 Å². The summed E-state index contributed by atoms with van der Waals surface area (Å²) in [6, 6.07) is 3.98. The van der Waals surface area contributed by atoms with Crippen LogP contribution >= 0.6 is 0 Å². The molecule has 0 spiro atoms. The summed E-state index contributed by atoms with van der Waals surface area (Å²) < 4.78 is 0. The first kappa shape index (κ1) is 19.8. The molecule has 1 atom stereocenters. The van der Waals surface area contributed by atoms with Gasteiger partial charge < -0.3 is 15.1 Å². The molecule has 27 heavy (non-hydrogen) atoms. The van der Waals surface area contributed by atoms with Crippen molar-refractivity contribution in [2.75, 3.05) is 44.2 Å². The molecule has 0 saturated carbocycles. The Kier molecular flexibility index (Phi) is 7.18. The van der Waals surface area contributed by atoms with Gasteiger partial charge in [-0.2, -0.15) is 0 Å². The van der Waals surface area contributed by atoms with Crippen molar-refractivity contribution in [3.63, 3.8) is 0 Å². The smallest absolute Gasteiger partial charge is 0.325 e. The van der Waals surface area contributed by atoms with Gasteiger partial charge >= 0.3 is 5.97 Å². The van der Waals surface area contributed by atoms with Gasteiger partial charge in [0, 0.05) is 43.5 Å². The molecular weight excluding hydrogens is 344 g/mol. The van der Waals surface area contributed by atoms with Crippen molar-refractivity contribution in [2.45, 2.75) is 32.6 Å². The van der Waals surface area contributed by atoms with Gasteiger partial charge in [-0.15, -0.1) is 5.06 Å². The molecule has 2 aliphatic rings. The maximum Gasteiger partial charge on any atom is 0.325 e. The fourth-order valence-corrected chi connectivity index (χ4v) is 4.07. The van der Waals surface area contributed by atoms with Crippen LogP contribution in [0.15, 0.2) is 24.5 Å². The lowest BCUT2D eigenvalue weighted by molar-refractivity contribution is -0.192. The Morgan fingerprint density at radius 1 is 1.19 bits per heavy atom. The van der Waals surface area contributed by atoms with Crippen LogP contribution in [0.5, 0.6) is 0 Å². The van der Waals surface area contributed by atoms with Crippen LogP contribution < -0.4 is 10.2 Å². The van der Waals surface area contributed by atoms with Crippen LogP contribution in [-0.2, 0) is 14.4 Å². The van der Waals surface area contributed by atoms with E-state index in [9.17, 15) is 9.59 Å². The van der Waals surface area contributed by atoms with E-state index in [-0.39, 0.29) is 17.7 Å². The van der Waals surface area contributed by atoms with E-state index in [1.165, 1.54) is 0 Å². The van der Waals surface area contributed by atoms with Gasteiger partial charge in [-0.3, -0.25) is 14.6 Å². The highest BCUT2D eigenvalue weighted by Gasteiger charge is 2.28. The molecular formula is C20H30N4O3. The Bertz CT molecular complexity index is 611. The molecule has 2 saturated heterocycles. The van der Waals surface area contributed by atoms with E-state index in [0.29, 0.717) is 31.8 Å². The molecule has 3 rings (SSSR count). The van der Waals surface area contributed by atoms with Gasteiger partial charge in [-0.1, -0.05) is 0 Å². The molecule has 2 aliphatic heterocycles. The topological polar surface area (TPSA) is 74.8 Å². The van der Waals surface area contributed by atoms with E-state index >= 15 is 0 Å². The van der Waals surface area contributed by atoms with Crippen molar-refractivity contribution in [3.8, 4) is 0 Å². The molecule has 0 radical (unpaired) electrons. The first-order chi connectivity index (χ1) is 13.1. The summed E-state index contributed by atoms with van der Waals surface area (Å²) in [6.07, 6.45) is 6.49. The van der Waals surface area contributed by atoms with Crippen molar-refractivity contribution in [1.82, 2.24) is 15.4 Å². The zero-order chi connectivity index (χ0) is 19.1. The number of hydrogen-bond donors (Lipinski definition) is 1. The first-order valence-corrected chi connectivity index (χ1v) is 9.95. The standard InChI is InChI=1S/C20H30N4O3/c1-16(25)19(17-4-8-21-9-5-17)2-3-20(26)27-24-14-12-23(13-15-24)18-6-10-22-11-7-18/h6-7,10-11,17,19,21H,2-5,8-9,12-15H2,1H3. The minimum Gasteiger partial charge on any atom is -0.369 e. The highest BCUT2D eigenvalue weighted by molar-refractivity contribution is 5.79. The monoisotopic (exact) mass is 374 g/mol. The van der Waals surface area contributed by atoms with Crippen LogP contribution in [0.3, 0.4) is 0 Å². The zero-order valence-electron chi connectivity index (χ0n) is 16.1. The molecule has 0 bridgehead atoms. The first-order valence-electron chi connectivity index (χ1n) is 9.95. The van der Waals surface area contributed by atoms with Crippen LogP contribution in [0.4, 0.5) is 5.69 Å². The van der Waals surface area contributed by atoms with Crippen molar-refractivity contribution in [2.24, 2.45) is 11.8 Å². The predicted octanol–water partition coefficient (Wildman–Crippen LogP) is 1.65. The number of aromatic nitrogens is 1. The zero-order valence-corrected chi connectivity index (χ0v) is 16.1. The summed E-state index contributed by atoms with van der Waals surface area (Å²) in [4.78, 5) is 36.1. The number of rotatable bonds is 7. The number of carbonyl (C=O) groups is 2. The Morgan fingerprint density at radius 3 is 2.48 bits per heavy atom. The average molecular weight is 374 g/mol. The van der Waals surface area contributed by atoms with Crippen LogP contribution in [0.1, 0.15) is 32.6 Å². The van der Waals surface area contributed by atoms with Gasteiger partial charge in [-0.25, -0.2) is 0 Å². The Morgan fingerprint density at radius 2 is 1.85 bits per heavy atom. The normalized spacial score (nSPS) is 20.3. The third-order valence-electron chi connectivity index (χ3n) is 5.63. The summed E-state index contributed by atoms with van der Waals surface area (Å²) in [7, 11) is 0. The molecule has 2 fully saturated rings. The van der Waals surface area contributed by atoms with E-state index < -0.39 is 0 Å². The molecule has 1 unspecified atom stereocenters. The van der Waals surface area contributed by atoms with Crippen molar-refractivity contribution >= 4 is 17.4 Å². The minimum absolute atomic E-state index is 0.0248. The molecule has 0 aliphatic carbocycles. The number of nitrogens with one attached hydrogen (secondary N) is 1. The van der Waals surface area contributed by atoms with Gasteiger partial charge in [0.25, 0.3) is 0 Å². The van der Waals surface area contributed by atoms with E-state index in [2.05, 4.69) is 15.2 Å². The van der Waals surface area contributed by atoms with E-state index in [1.807, 2.05) is 12.1 Å². The number of Topliss-reactive ketones (excluding diaryl/α,β-unsaturated/α-hetero) is 1. The number of ketones is 1. The van der Waals surface area contributed by atoms with Crippen LogP contribution in [-0.4, -0.2) is 61.1 Å². The average Bonchev–Trinajstić information content (AvgIpc) is 2.70. The van der Waals surface area contributed by atoms with E-state index in [4.69, 9.17) is 4.84 Å². The quantitative estimate of drug-likeness (QED) is 0.778. The second-order valence-electron chi connectivity index (χ2n) is 7.43. The molecule has 1 N–H and O–H groups in total. The van der Waals surface area contributed by atoms with E-state index in [0.717, 1.165) is 44.7 Å². The highest BCUT2D eigenvalue weighted by Crippen LogP contribution is 2.27. The predicted molar refractivity (Wildman–Crippen MR) is 103 cm³/mol. The Hall–Kier alpha value is -1.99. The van der Waals surface area contributed by atoms with Crippen molar-refractivity contribution < 1.29 is 14.4 Å². The summed E-state index contributed by atoms with van der Waals surface area (Å²) in [5.74, 6) is 0.330. The lowest BCUT2D eigenvalue weighted by Crippen LogP contribution is -2.47. The SMILES string of the molecule is CC(=O)C(CCC(=O)ON1CCN(c2ccncc2)CC1)C1CCNCC1. The number of piperidine rings is 1. The van der Waals surface area contributed by atoms with Crippen molar-refractivity contribution in [1.29, 1.82) is 0 Å². The number of anilines is 1. The van der Waals surface area contributed by atoms with Gasteiger partial charge in [0.2, 0.25) is 0 Å². The number of hydroxylamine groups is 2. The molecule has 3 heterocycles. The van der Waals surface area contributed by atoms with Gasteiger partial charge in [0.05, 0.1) is 13.1 Å². The molecule has 0 amide bonds. The summed E-state index contributed by atoms with van der Waals surface area (Å²) in [6.45, 7) is 6.54. The number of hydrogen-bond acceptors (Lipinski definition) is 7. The number of nitrogens with zero attached hydrogens (tertiary/aromatic N) is 3. The molecule has 0 aromatic carbocycles. The molecule has 7 nitrogen and oxygen atoms in total. The van der Waals surface area contributed by atoms with Gasteiger partial charge in [0.1, 0.15) is 5.78 Å². The third kappa shape index (κ3) is 5.74. The Balaban J connectivity index is 1.41. The lowest BCUT2D eigenvalue weighted by Gasteiger charge is -2.34. The van der Waals surface area contributed by atoms with Crippen LogP contribution in [0.25, 0.3) is 0 Å². The van der Waals surface area contributed by atoms with E-state index in [1.54, 1.807) is 24.4 Å². The van der Waals surface area contributed by atoms with Gasteiger partial charge in [0.15, 0.2) is 0 Å². The fraction of sp³-hybridized carbons (Fsp3) is 0.650. The summed E-state index contributed by atoms with van der Waals surface area (Å²) in [5, 5.41) is 5.07. The largest absolute Gasteiger partial charge is 0.369 e. The van der Waals surface area contributed by atoms with Crippen molar-refractivity contribution in [3.05, 3.63) is 24.5 Å². The number of carbonyl (C=O) groups excluding carboxylic acids is 2. The molecule has 7 heteroatoms. The second kappa shape index (κ2) is 9.80. The number of pyridine rings is 1. The summed E-state index contributed by atoms with van der Waals surface area (Å²) in [5.41, 5.74) is 1.14. The maximum atomic E-state index is 12.3. The molecule has 148 valence electrons. The molecule has 1 aromatic rings. The third-order valence-corrected chi connectivity index (χ3v) is 5.63. The number of piperazine rings is 1.